The van der Waals surface area contributed by atoms with E-state index in [4.69, 9.17) is 11.6 Å². The van der Waals surface area contributed by atoms with Crippen molar-refractivity contribution in [3.8, 4) is 0 Å². The average Bonchev–Trinajstić information content (AvgIpc) is 3.26. The van der Waals surface area contributed by atoms with Crippen molar-refractivity contribution in [1.29, 1.82) is 0 Å². The number of carbonyl (C=O) groups is 1. The highest BCUT2D eigenvalue weighted by molar-refractivity contribution is 6.30. The zero-order chi connectivity index (χ0) is 16.5. The average molecular weight is 345 g/mol. The molecule has 0 aliphatic carbocycles. The lowest BCUT2D eigenvalue weighted by atomic mass is 10.0. The summed E-state index contributed by atoms with van der Waals surface area (Å²) in [4.78, 5) is 24.9. The maximum atomic E-state index is 13.0. The SMILES string of the molecule is O=C([C@@H]1Cc2nc[nH]c2CN1Cc1ccc(Cl)cc1)N1CCCC1. The molecule has 1 aromatic carbocycles. The Morgan fingerprint density at radius 3 is 2.75 bits per heavy atom. The van der Waals surface area contributed by atoms with Crippen molar-refractivity contribution >= 4 is 17.5 Å². The number of aromatic amines is 1. The van der Waals surface area contributed by atoms with Gasteiger partial charge in [0, 0.05) is 37.6 Å². The Morgan fingerprint density at radius 2 is 2.00 bits per heavy atom. The van der Waals surface area contributed by atoms with Crippen LogP contribution in [0.5, 0.6) is 0 Å². The Morgan fingerprint density at radius 1 is 1.25 bits per heavy atom. The summed E-state index contributed by atoms with van der Waals surface area (Å²) in [6.45, 7) is 3.23. The maximum absolute atomic E-state index is 13.0. The van der Waals surface area contributed by atoms with Gasteiger partial charge in [0.25, 0.3) is 0 Å². The van der Waals surface area contributed by atoms with E-state index >= 15 is 0 Å². The first-order chi connectivity index (χ1) is 11.7. The molecule has 2 aromatic rings. The predicted octanol–water partition coefficient (Wildman–Crippen LogP) is 2.61. The van der Waals surface area contributed by atoms with Crippen LogP contribution in [0.2, 0.25) is 5.02 Å². The van der Waals surface area contributed by atoms with Gasteiger partial charge in [0.2, 0.25) is 5.91 Å². The lowest BCUT2D eigenvalue weighted by Crippen LogP contribution is -2.50. The van der Waals surface area contributed by atoms with Crippen LogP contribution in [0, 0.1) is 0 Å². The molecule has 126 valence electrons. The summed E-state index contributed by atoms with van der Waals surface area (Å²) < 4.78 is 0. The molecule has 2 aliphatic heterocycles. The van der Waals surface area contributed by atoms with E-state index in [0.29, 0.717) is 6.42 Å². The molecule has 5 nitrogen and oxygen atoms in total. The highest BCUT2D eigenvalue weighted by Gasteiger charge is 2.36. The molecule has 0 radical (unpaired) electrons. The molecule has 1 saturated heterocycles. The van der Waals surface area contributed by atoms with Crippen LogP contribution >= 0.6 is 11.6 Å². The van der Waals surface area contributed by atoms with Gasteiger partial charge in [-0.25, -0.2) is 4.98 Å². The number of imidazole rings is 1. The smallest absolute Gasteiger partial charge is 0.240 e. The van der Waals surface area contributed by atoms with E-state index in [-0.39, 0.29) is 11.9 Å². The lowest BCUT2D eigenvalue weighted by molar-refractivity contribution is -0.136. The van der Waals surface area contributed by atoms with Crippen molar-refractivity contribution in [1.82, 2.24) is 19.8 Å². The second-order valence-electron chi connectivity index (χ2n) is 6.61. The van der Waals surface area contributed by atoms with Gasteiger partial charge in [-0.2, -0.15) is 0 Å². The summed E-state index contributed by atoms with van der Waals surface area (Å²) in [6.07, 6.45) is 4.64. The van der Waals surface area contributed by atoms with Crippen LogP contribution in [0.15, 0.2) is 30.6 Å². The Bertz CT molecular complexity index is 721. The van der Waals surface area contributed by atoms with Gasteiger partial charge in [0.05, 0.1) is 23.8 Å². The number of rotatable bonds is 3. The number of fused-ring (bicyclic) bond motifs is 1. The molecule has 1 fully saturated rings. The first-order valence-corrected chi connectivity index (χ1v) is 8.87. The van der Waals surface area contributed by atoms with E-state index < -0.39 is 0 Å². The molecule has 1 N–H and O–H groups in total. The number of nitrogens with zero attached hydrogens (tertiary/aromatic N) is 3. The number of hydrogen-bond donors (Lipinski definition) is 1. The third-order valence-corrected chi connectivity index (χ3v) is 5.25. The molecule has 1 aromatic heterocycles. The largest absolute Gasteiger partial charge is 0.347 e. The van der Waals surface area contributed by atoms with E-state index in [9.17, 15) is 4.79 Å². The van der Waals surface area contributed by atoms with Crippen LogP contribution in [0.25, 0.3) is 0 Å². The molecular formula is C18H21ClN4O. The van der Waals surface area contributed by atoms with E-state index in [2.05, 4.69) is 14.9 Å². The van der Waals surface area contributed by atoms with Gasteiger partial charge in [0.1, 0.15) is 0 Å². The molecule has 0 bridgehead atoms. The highest BCUT2D eigenvalue weighted by Crippen LogP contribution is 2.25. The third kappa shape index (κ3) is 3.06. The van der Waals surface area contributed by atoms with E-state index in [1.165, 1.54) is 5.56 Å². The number of carbonyl (C=O) groups excluding carboxylic acids is 1. The van der Waals surface area contributed by atoms with Crippen molar-refractivity contribution in [2.45, 2.75) is 38.4 Å². The number of nitrogens with one attached hydrogen (secondary N) is 1. The van der Waals surface area contributed by atoms with Crippen molar-refractivity contribution in [3.05, 3.63) is 52.6 Å². The molecule has 24 heavy (non-hydrogen) atoms. The van der Waals surface area contributed by atoms with Crippen molar-refractivity contribution in [2.24, 2.45) is 0 Å². The van der Waals surface area contributed by atoms with Gasteiger partial charge in [-0.15, -0.1) is 0 Å². The molecule has 6 heteroatoms. The minimum Gasteiger partial charge on any atom is -0.347 e. The highest BCUT2D eigenvalue weighted by atomic mass is 35.5. The first-order valence-electron chi connectivity index (χ1n) is 8.49. The second kappa shape index (κ2) is 6.57. The van der Waals surface area contributed by atoms with Crippen LogP contribution in [0.1, 0.15) is 29.8 Å². The van der Waals surface area contributed by atoms with Crippen LogP contribution < -0.4 is 0 Å². The van der Waals surface area contributed by atoms with Gasteiger partial charge in [-0.3, -0.25) is 9.69 Å². The Labute approximate surface area is 146 Å². The van der Waals surface area contributed by atoms with Crippen LogP contribution in [-0.4, -0.2) is 44.8 Å². The minimum atomic E-state index is -0.130. The number of H-pyrrole nitrogens is 1. The number of benzene rings is 1. The van der Waals surface area contributed by atoms with Gasteiger partial charge in [-0.05, 0) is 30.5 Å². The van der Waals surface area contributed by atoms with E-state index in [1.54, 1.807) is 6.33 Å². The normalized spacial score (nSPS) is 21.0. The van der Waals surface area contributed by atoms with Crippen molar-refractivity contribution in [2.75, 3.05) is 13.1 Å². The van der Waals surface area contributed by atoms with Gasteiger partial charge >= 0.3 is 0 Å². The molecule has 0 unspecified atom stereocenters. The molecule has 1 atom stereocenters. The molecule has 3 heterocycles. The number of amides is 1. The number of likely N-dealkylation sites (tertiary alicyclic amines) is 1. The quantitative estimate of drug-likeness (QED) is 0.931. The molecule has 4 rings (SSSR count). The van der Waals surface area contributed by atoms with Crippen LogP contribution in [0.3, 0.4) is 0 Å². The van der Waals surface area contributed by atoms with E-state index in [1.807, 2.05) is 29.2 Å². The molecule has 1 amide bonds. The van der Waals surface area contributed by atoms with Crippen LogP contribution in [0.4, 0.5) is 0 Å². The first kappa shape index (κ1) is 15.7. The van der Waals surface area contributed by atoms with Crippen molar-refractivity contribution in [3.63, 3.8) is 0 Å². The Balaban J connectivity index is 1.58. The van der Waals surface area contributed by atoms with Crippen molar-refractivity contribution < 1.29 is 4.79 Å². The topological polar surface area (TPSA) is 52.2 Å². The maximum Gasteiger partial charge on any atom is 0.240 e. The fraction of sp³-hybridized carbons (Fsp3) is 0.444. The summed E-state index contributed by atoms with van der Waals surface area (Å²) in [5, 5.41) is 0.734. The monoisotopic (exact) mass is 344 g/mol. The zero-order valence-corrected chi connectivity index (χ0v) is 14.3. The summed E-state index contributed by atoms with van der Waals surface area (Å²) in [7, 11) is 0. The van der Waals surface area contributed by atoms with Gasteiger partial charge < -0.3 is 9.88 Å². The van der Waals surface area contributed by atoms with E-state index in [0.717, 1.165) is 55.4 Å². The fourth-order valence-electron chi connectivity index (χ4n) is 3.67. The minimum absolute atomic E-state index is 0.130. The lowest BCUT2D eigenvalue weighted by Gasteiger charge is -2.36. The summed E-state index contributed by atoms with van der Waals surface area (Å²) in [6, 6.07) is 7.73. The standard InChI is InChI=1S/C18H21ClN4O/c19-14-5-3-13(4-6-14)10-23-11-16-15(20-12-21-16)9-17(23)18(24)22-7-1-2-8-22/h3-6,12,17H,1-2,7-11H2,(H,20,21)/t17-/m0/s1. The zero-order valence-electron chi connectivity index (χ0n) is 13.5. The number of halogens is 1. The molecular weight excluding hydrogens is 324 g/mol. The van der Waals surface area contributed by atoms with Crippen LogP contribution in [-0.2, 0) is 24.3 Å². The summed E-state index contributed by atoms with van der Waals surface area (Å²) >= 11 is 5.98. The molecule has 2 aliphatic rings. The Hall–Kier alpha value is -1.85. The molecule has 0 saturated carbocycles. The number of aromatic nitrogens is 2. The molecule has 0 spiro atoms. The fourth-order valence-corrected chi connectivity index (χ4v) is 3.80. The Kier molecular flexibility index (Phi) is 4.29. The predicted molar refractivity (Wildman–Crippen MR) is 92.6 cm³/mol. The number of hydrogen-bond acceptors (Lipinski definition) is 3. The second-order valence-corrected chi connectivity index (χ2v) is 7.05. The van der Waals surface area contributed by atoms with Gasteiger partial charge in [0.15, 0.2) is 0 Å². The van der Waals surface area contributed by atoms with Gasteiger partial charge in [-0.1, -0.05) is 23.7 Å². The third-order valence-electron chi connectivity index (χ3n) is 5.00. The summed E-state index contributed by atoms with van der Waals surface area (Å²) in [5.74, 6) is 0.245. The summed E-state index contributed by atoms with van der Waals surface area (Å²) in [5.41, 5.74) is 3.32.